The van der Waals surface area contributed by atoms with E-state index in [0.717, 1.165) is 19.6 Å². The Hall–Kier alpha value is -0.570. The maximum Gasteiger partial charge on any atom is 0.217 e. The fourth-order valence-corrected chi connectivity index (χ4v) is 1.19. The van der Waals surface area contributed by atoms with E-state index >= 15 is 0 Å². The number of ether oxygens (including phenoxy) is 1. The minimum atomic E-state index is 0.0372. The van der Waals surface area contributed by atoms with Crippen LogP contribution in [0.2, 0.25) is 0 Å². The lowest BCUT2D eigenvalue weighted by Crippen LogP contribution is -2.37. The molecule has 78 valence electrons. The van der Waals surface area contributed by atoms with Gasteiger partial charge < -0.3 is 10.1 Å². The average Bonchev–Trinajstić information content (AvgIpc) is 2.02. The molecular weight excluding hydrogens is 166 g/mol. The molecule has 0 aliphatic heterocycles. The molecule has 0 saturated carbocycles. The summed E-state index contributed by atoms with van der Waals surface area (Å²) in [7, 11) is 0. The highest BCUT2D eigenvalue weighted by Gasteiger charge is 2.13. The van der Waals surface area contributed by atoms with E-state index < -0.39 is 0 Å². The largest absolute Gasteiger partial charge is 0.382 e. The Bertz CT molecular complexity index is 146. The van der Waals surface area contributed by atoms with Crippen molar-refractivity contribution in [3.63, 3.8) is 0 Å². The van der Waals surface area contributed by atoms with Gasteiger partial charge in [-0.15, -0.1) is 0 Å². The molecule has 3 nitrogen and oxygen atoms in total. The van der Waals surface area contributed by atoms with Crippen molar-refractivity contribution < 1.29 is 9.53 Å². The summed E-state index contributed by atoms with van der Waals surface area (Å²) in [6.45, 7) is 9.20. The predicted octanol–water partition coefficient (Wildman–Crippen LogP) is 1.57. The molecule has 0 rings (SSSR count). The Labute approximate surface area is 80.8 Å². The second-order valence-electron chi connectivity index (χ2n) is 3.54. The van der Waals surface area contributed by atoms with Crippen molar-refractivity contribution in [1.82, 2.24) is 5.32 Å². The molecule has 3 heteroatoms. The van der Waals surface area contributed by atoms with Gasteiger partial charge in [-0.2, -0.15) is 0 Å². The van der Waals surface area contributed by atoms with Crippen LogP contribution in [0.1, 0.15) is 34.1 Å². The van der Waals surface area contributed by atoms with Crippen molar-refractivity contribution in [1.29, 1.82) is 0 Å². The van der Waals surface area contributed by atoms with Crippen LogP contribution in [0.3, 0.4) is 0 Å². The third-order valence-corrected chi connectivity index (χ3v) is 1.97. The quantitative estimate of drug-likeness (QED) is 0.641. The first-order chi connectivity index (χ1) is 6.07. The number of hydrogen-bond donors (Lipinski definition) is 1. The third-order valence-electron chi connectivity index (χ3n) is 1.97. The first kappa shape index (κ1) is 12.4. The standard InChI is InChI=1S/C10H21NO2/c1-5-13-7-6-10(8(2)3)11-9(4)12/h8,10H,5-7H2,1-4H3,(H,11,12). The van der Waals surface area contributed by atoms with Gasteiger partial charge in [0.2, 0.25) is 5.91 Å². The first-order valence-electron chi connectivity index (χ1n) is 4.92. The maximum atomic E-state index is 10.8. The summed E-state index contributed by atoms with van der Waals surface area (Å²) in [4.78, 5) is 10.8. The fraction of sp³-hybridized carbons (Fsp3) is 0.900. The molecule has 0 bridgehead atoms. The molecular formula is C10H21NO2. The van der Waals surface area contributed by atoms with Crippen LogP contribution >= 0.6 is 0 Å². The zero-order valence-corrected chi connectivity index (χ0v) is 9.09. The maximum absolute atomic E-state index is 10.8. The van der Waals surface area contributed by atoms with E-state index in [1.165, 1.54) is 0 Å². The molecule has 13 heavy (non-hydrogen) atoms. The third kappa shape index (κ3) is 6.58. The van der Waals surface area contributed by atoms with E-state index in [0.29, 0.717) is 5.92 Å². The molecule has 0 aliphatic rings. The molecule has 1 atom stereocenters. The fourth-order valence-electron chi connectivity index (χ4n) is 1.19. The second kappa shape index (κ2) is 6.89. The lowest BCUT2D eigenvalue weighted by molar-refractivity contribution is -0.120. The van der Waals surface area contributed by atoms with Crippen LogP contribution in [-0.4, -0.2) is 25.2 Å². The minimum Gasteiger partial charge on any atom is -0.382 e. The Balaban J connectivity index is 3.74. The van der Waals surface area contributed by atoms with Gasteiger partial charge >= 0.3 is 0 Å². The molecule has 0 aromatic heterocycles. The normalized spacial score (nSPS) is 13.0. The smallest absolute Gasteiger partial charge is 0.217 e. The minimum absolute atomic E-state index is 0.0372. The molecule has 0 heterocycles. The summed E-state index contributed by atoms with van der Waals surface area (Å²) < 4.78 is 5.24. The van der Waals surface area contributed by atoms with Gasteiger partial charge in [-0.25, -0.2) is 0 Å². The lowest BCUT2D eigenvalue weighted by atomic mass is 10.0. The number of amides is 1. The summed E-state index contributed by atoms with van der Waals surface area (Å²) in [5.74, 6) is 0.500. The van der Waals surface area contributed by atoms with E-state index in [-0.39, 0.29) is 11.9 Å². The van der Waals surface area contributed by atoms with Gasteiger partial charge in [0.1, 0.15) is 0 Å². The predicted molar refractivity (Wildman–Crippen MR) is 53.6 cm³/mol. The molecule has 0 fully saturated rings. The van der Waals surface area contributed by atoms with Crippen molar-refractivity contribution in [2.24, 2.45) is 5.92 Å². The molecule has 0 spiro atoms. The van der Waals surface area contributed by atoms with Crippen molar-refractivity contribution in [3.8, 4) is 0 Å². The lowest BCUT2D eigenvalue weighted by Gasteiger charge is -2.21. The Kier molecular flexibility index (Phi) is 6.59. The summed E-state index contributed by atoms with van der Waals surface area (Å²) in [6.07, 6.45) is 0.894. The van der Waals surface area contributed by atoms with Crippen LogP contribution in [0.5, 0.6) is 0 Å². The highest BCUT2D eigenvalue weighted by atomic mass is 16.5. The molecule has 0 saturated heterocycles. The van der Waals surface area contributed by atoms with Gasteiger partial charge in [0.25, 0.3) is 0 Å². The van der Waals surface area contributed by atoms with Gasteiger partial charge in [-0.3, -0.25) is 4.79 Å². The molecule has 0 aromatic carbocycles. The Morgan fingerprint density at radius 1 is 1.46 bits per heavy atom. The van der Waals surface area contributed by atoms with E-state index in [1.807, 2.05) is 6.92 Å². The number of carbonyl (C=O) groups is 1. The van der Waals surface area contributed by atoms with E-state index in [1.54, 1.807) is 6.92 Å². The topological polar surface area (TPSA) is 38.3 Å². The highest BCUT2D eigenvalue weighted by Crippen LogP contribution is 2.05. The van der Waals surface area contributed by atoms with Crippen LogP contribution in [0.4, 0.5) is 0 Å². The highest BCUT2D eigenvalue weighted by molar-refractivity contribution is 5.73. The van der Waals surface area contributed by atoms with Crippen LogP contribution in [0, 0.1) is 5.92 Å². The van der Waals surface area contributed by atoms with Crippen molar-refractivity contribution in [2.45, 2.75) is 40.2 Å². The van der Waals surface area contributed by atoms with Crippen LogP contribution in [-0.2, 0) is 9.53 Å². The number of nitrogens with one attached hydrogen (secondary N) is 1. The van der Waals surface area contributed by atoms with Gasteiger partial charge in [0.15, 0.2) is 0 Å². The molecule has 1 amide bonds. The van der Waals surface area contributed by atoms with Crippen molar-refractivity contribution >= 4 is 5.91 Å². The number of hydrogen-bond acceptors (Lipinski definition) is 2. The van der Waals surface area contributed by atoms with E-state index in [9.17, 15) is 4.79 Å². The van der Waals surface area contributed by atoms with Gasteiger partial charge in [0.05, 0.1) is 0 Å². The Morgan fingerprint density at radius 2 is 2.08 bits per heavy atom. The van der Waals surface area contributed by atoms with Crippen LogP contribution in [0.25, 0.3) is 0 Å². The van der Waals surface area contributed by atoms with E-state index in [2.05, 4.69) is 19.2 Å². The average molecular weight is 187 g/mol. The van der Waals surface area contributed by atoms with Gasteiger partial charge in [-0.1, -0.05) is 13.8 Å². The summed E-state index contributed by atoms with van der Waals surface area (Å²) >= 11 is 0. The van der Waals surface area contributed by atoms with Gasteiger partial charge in [-0.05, 0) is 19.3 Å². The first-order valence-corrected chi connectivity index (χ1v) is 4.92. The van der Waals surface area contributed by atoms with Crippen LogP contribution < -0.4 is 5.32 Å². The monoisotopic (exact) mass is 187 g/mol. The SMILES string of the molecule is CCOCCC(NC(C)=O)C(C)C. The van der Waals surface area contributed by atoms with Gasteiger partial charge in [0, 0.05) is 26.2 Å². The summed E-state index contributed by atoms with van der Waals surface area (Å²) in [5, 5.41) is 2.92. The molecule has 0 aromatic rings. The number of rotatable bonds is 6. The molecule has 1 N–H and O–H groups in total. The van der Waals surface area contributed by atoms with Crippen molar-refractivity contribution in [3.05, 3.63) is 0 Å². The Morgan fingerprint density at radius 3 is 2.46 bits per heavy atom. The molecule has 1 unspecified atom stereocenters. The summed E-state index contributed by atoms with van der Waals surface area (Å²) in [5.41, 5.74) is 0. The summed E-state index contributed by atoms with van der Waals surface area (Å²) in [6, 6.07) is 0.240. The van der Waals surface area contributed by atoms with E-state index in [4.69, 9.17) is 4.74 Å². The zero-order chi connectivity index (χ0) is 10.3. The second-order valence-corrected chi connectivity index (χ2v) is 3.54. The molecule has 0 radical (unpaired) electrons. The van der Waals surface area contributed by atoms with Crippen LogP contribution in [0.15, 0.2) is 0 Å². The number of carbonyl (C=O) groups excluding carboxylic acids is 1. The zero-order valence-electron chi connectivity index (χ0n) is 9.09. The molecule has 0 aliphatic carbocycles. The van der Waals surface area contributed by atoms with Crippen molar-refractivity contribution in [2.75, 3.05) is 13.2 Å².